The molecule has 0 radical (unpaired) electrons. The van der Waals surface area contributed by atoms with Crippen LogP contribution >= 0.6 is 11.3 Å². The second-order valence-corrected chi connectivity index (χ2v) is 10.6. The molecule has 1 N–H and O–H groups in total. The number of aromatic nitrogens is 1. The number of benzene rings is 2. The van der Waals surface area contributed by atoms with E-state index >= 15 is 0 Å². The number of hydrogen-bond acceptors (Lipinski definition) is 6. The van der Waals surface area contributed by atoms with Crippen molar-refractivity contribution in [1.29, 1.82) is 0 Å². The first-order valence-corrected chi connectivity index (χ1v) is 12.2. The highest BCUT2D eigenvalue weighted by molar-refractivity contribution is 7.90. The molecule has 30 heavy (non-hydrogen) atoms. The van der Waals surface area contributed by atoms with Crippen LogP contribution in [0.5, 0.6) is 5.75 Å². The molecule has 0 saturated carbocycles. The van der Waals surface area contributed by atoms with Gasteiger partial charge in [0.15, 0.2) is 9.84 Å². The van der Waals surface area contributed by atoms with Crippen LogP contribution in [0.4, 0.5) is 0 Å². The van der Waals surface area contributed by atoms with Crippen LogP contribution < -0.4 is 10.1 Å². The molecule has 8 heteroatoms. The SMILES string of the molecule is Cc1nc(C)c(C(=O)NCC2Cc3cc(-c4ccc(S(C)(=O)=O)cc4)ccc3O2)s1. The van der Waals surface area contributed by atoms with Crippen LogP contribution in [0.3, 0.4) is 0 Å². The molecule has 1 atom stereocenters. The third kappa shape index (κ3) is 4.24. The van der Waals surface area contributed by atoms with E-state index in [4.69, 9.17) is 4.74 Å². The van der Waals surface area contributed by atoms with Gasteiger partial charge in [-0.1, -0.05) is 18.2 Å². The smallest absolute Gasteiger partial charge is 0.263 e. The summed E-state index contributed by atoms with van der Waals surface area (Å²) in [5.41, 5.74) is 3.76. The normalized spacial score (nSPS) is 15.5. The van der Waals surface area contributed by atoms with Gasteiger partial charge >= 0.3 is 0 Å². The zero-order valence-corrected chi connectivity index (χ0v) is 18.6. The van der Waals surface area contributed by atoms with Crippen molar-refractivity contribution >= 4 is 27.1 Å². The van der Waals surface area contributed by atoms with E-state index in [1.165, 1.54) is 17.6 Å². The van der Waals surface area contributed by atoms with Crippen LogP contribution in [0, 0.1) is 13.8 Å². The lowest BCUT2D eigenvalue weighted by molar-refractivity contribution is 0.0937. The van der Waals surface area contributed by atoms with Gasteiger partial charge in [0.2, 0.25) is 0 Å². The first-order chi connectivity index (χ1) is 14.2. The summed E-state index contributed by atoms with van der Waals surface area (Å²) in [4.78, 5) is 17.6. The summed E-state index contributed by atoms with van der Waals surface area (Å²) in [5.74, 6) is 0.694. The molecule has 0 aliphatic carbocycles. The van der Waals surface area contributed by atoms with Gasteiger partial charge in [-0.2, -0.15) is 0 Å². The van der Waals surface area contributed by atoms with Crippen molar-refractivity contribution in [3.05, 3.63) is 63.6 Å². The molecule has 0 saturated heterocycles. The molecular weight excluding hydrogens is 420 g/mol. The summed E-state index contributed by atoms with van der Waals surface area (Å²) in [6.07, 6.45) is 1.78. The maximum Gasteiger partial charge on any atom is 0.263 e. The van der Waals surface area contributed by atoms with Crippen molar-refractivity contribution in [3.63, 3.8) is 0 Å². The van der Waals surface area contributed by atoms with Gasteiger partial charge < -0.3 is 10.1 Å². The molecular formula is C22H22N2O4S2. The highest BCUT2D eigenvalue weighted by Crippen LogP contribution is 2.33. The van der Waals surface area contributed by atoms with Crippen molar-refractivity contribution in [2.24, 2.45) is 0 Å². The number of carbonyl (C=O) groups excluding carboxylic acids is 1. The van der Waals surface area contributed by atoms with E-state index < -0.39 is 9.84 Å². The Morgan fingerprint density at radius 3 is 2.50 bits per heavy atom. The topological polar surface area (TPSA) is 85.4 Å². The lowest BCUT2D eigenvalue weighted by Crippen LogP contribution is -2.34. The number of nitrogens with zero attached hydrogens (tertiary/aromatic N) is 1. The van der Waals surface area contributed by atoms with Gasteiger partial charge in [-0.15, -0.1) is 11.3 Å². The molecule has 1 aliphatic rings. The molecule has 0 spiro atoms. The van der Waals surface area contributed by atoms with Crippen molar-refractivity contribution in [1.82, 2.24) is 10.3 Å². The van der Waals surface area contributed by atoms with E-state index in [0.717, 1.165) is 33.1 Å². The molecule has 4 rings (SSSR count). The van der Waals surface area contributed by atoms with Crippen LogP contribution in [0.2, 0.25) is 0 Å². The van der Waals surface area contributed by atoms with E-state index in [-0.39, 0.29) is 12.0 Å². The molecule has 1 amide bonds. The summed E-state index contributed by atoms with van der Waals surface area (Å²) in [6, 6.07) is 12.8. The zero-order valence-electron chi connectivity index (χ0n) is 16.9. The minimum Gasteiger partial charge on any atom is -0.488 e. The van der Waals surface area contributed by atoms with Crippen molar-refractivity contribution in [2.75, 3.05) is 12.8 Å². The first-order valence-electron chi connectivity index (χ1n) is 9.53. The highest BCUT2D eigenvalue weighted by Gasteiger charge is 2.24. The quantitative estimate of drug-likeness (QED) is 0.653. The lowest BCUT2D eigenvalue weighted by Gasteiger charge is -2.11. The van der Waals surface area contributed by atoms with Crippen LogP contribution in [0.25, 0.3) is 11.1 Å². The van der Waals surface area contributed by atoms with Crippen LogP contribution in [0.1, 0.15) is 25.9 Å². The van der Waals surface area contributed by atoms with E-state index in [0.29, 0.717) is 22.7 Å². The summed E-state index contributed by atoms with van der Waals surface area (Å²) in [6.45, 7) is 4.14. The van der Waals surface area contributed by atoms with Gasteiger partial charge in [0.05, 0.1) is 22.1 Å². The number of ether oxygens (including phenoxy) is 1. The van der Waals surface area contributed by atoms with Crippen LogP contribution in [-0.4, -0.2) is 38.2 Å². The van der Waals surface area contributed by atoms with Gasteiger partial charge in [-0.25, -0.2) is 13.4 Å². The molecule has 2 aromatic carbocycles. The maximum atomic E-state index is 12.4. The predicted molar refractivity (Wildman–Crippen MR) is 117 cm³/mol. The molecule has 0 fully saturated rings. The first kappa shape index (κ1) is 20.6. The number of aryl methyl sites for hydroxylation is 2. The third-order valence-electron chi connectivity index (χ3n) is 5.02. The van der Waals surface area contributed by atoms with Gasteiger partial charge in [0, 0.05) is 12.7 Å². The molecule has 2 heterocycles. The van der Waals surface area contributed by atoms with E-state index in [1.54, 1.807) is 12.1 Å². The minimum atomic E-state index is -3.21. The van der Waals surface area contributed by atoms with E-state index in [9.17, 15) is 13.2 Å². The molecule has 6 nitrogen and oxygen atoms in total. The standard InChI is InChI=1S/C22H22N2O4S2/c1-13-21(29-14(2)24-13)22(25)23-12-18-11-17-10-16(6-9-20(17)28-18)15-4-7-19(8-5-15)30(3,26)27/h4-10,18H,11-12H2,1-3H3,(H,23,25). The van der Waals surface area contributed by atoms with Crippen molar-refractivity contribution in [3.8, 4) is 16.9 Å². The number of amides is 1. The Morgan fingerprint density at radius 1 is 1.17 bits per heavy atom. The summed E-state index contributed by atoms with van der Waals surface area (Å²) >= 11 is 1.39. The number of carbonyl (C=O) groups is 1. The van der Waals surface area contributed by atoms with Gasteiger partial charge in [-0.3, -0.25) is 4.79 Å². The van der Waals surface area contributed by atoms with Crippen LogP contribution in [0.15, 0.2) is 47.4 Å². The Balaban J connectivity index is 1.42. The van der Waals surface area contributed by atoms with Gasteiger partial charge in [0.1, 0.15) is 16.7 Å². The number of hydrogen-bond donors (Lipinski definition) is 1. The van der Waals surface area contributed by atoms with Crippen molar-refractivity contribution < 1.29 is 17.9 Å². The molecule has 1 unspecified atom stereocenters. The number of nitrogens with one attached hydrogen (secondary N) is 1. The number of thiazole rings is 1. The fraction of sp³-hybridized carbons (Fsp3) is 0.273. The Kier molecular flexibility index (Phi) is 5.38. The molecule has 3 aromatic rings. The Labute approximate surface area is 179 Å². The largest absolute Gasteiger partial charge is 0.488 e. The lowest BCUT2D eigenvalue weighted by atomic mass is 10.0. The average Bonchev–Trinajstić information content (AvgIpc) is 3.26. The van der Waals surface area contributed by atoms with Gasteiger partial charge in [0.25, 0.3) is 5.91 Å². The van der Waals surface area contributed by atoms with E-state index in [1.807, 2.05) is 38.1 Å². The monoisotopic (exact) mass is 442 g/mol. The second-order valence-electron chi connectivity index (χ2n) is 7.42. The maximum absolute atomic E-state index is 12.4. The zero-order chi connectivity index (χ0) is 21.5. The third-order valence-corrected chi connectivity index (χ3v) is 7.22. The minimum absolute atomic E-state index is 0.121. The van der Waals surface area contributed by atoms with E-state index in [2.05, 4.69) is 16.4 Å². The number of sulfone groups is 1. The van der Waals surface area contributed by atoms with Crippen LogP contribution in [-0.2, 0) is 16.3 Å². The fourth-order valence-electron chi connectivity index (χ4n) is 3.54. The fourth-order valence-corrected chi connectivity index (χ4v) is 5.00. The Hall–Kier alpha value is -2.71. The number of fused-ring (bicyclic) bond motifs is 1. The Bertz CT molecular complexity index is 1210. The second kappa shape index (κ2) is 7.85. The molecule has 1 aliphatic heterocycles. The number of rotatable bonds is 5. The summed E-state index contributed by atoms with van der Waals surface area (Å²) < 4.78 is 29.3. The van der Waals surface area contributed by atoms with Crippen molar-refractivity contribution in [2.45, 2.75) is 31.3 Å². The molecule has 0 bridgehead atoms. The molecule has 1 aromatic heterocycles. The molecule has 156 valence electrons. The predicted octanol–water partition coefficient (Wildman–Crippen LogP) is 3.56. The average molecular weight is 443 g/mol. The summed E-state index contributed by atoms with van der Waals surface area (Å²) in [7, 11) is -3.21. The summed E-state index contributed by atoms with van der Waals surface area (Å²) in [5, 5.41) is 3.82. The Morgan fingerprint density at radius 2 is 1.87 bits per heavy atom. The highest BCUT2D eigenvalue weighted by atomic mass is 32.2. The van der Waals surface area contributed by atoms with Gasteiger partial charge in [-0.05, 0) is 54.8 Å².